The molecule has 12 nitrogen and oxygen atoms in total. The number of hydrogen-bond acceptors (Lipinski definition) is 7. The number of alkyl carbamates (subject to hydrolysis) is 1. The van der Waals surface area contributed by atoms with Crippen LogP contribution in [-0.4, -0.2) is 76.9 Å². The lowest BCUT2D eigenvalue weighted by Crippen LogP contribution is -2.57. The van der Waals surface area contributed by atoms with Crippen molar-refractivity contribution in [3.05, 3.63) is 48.0 Å². The summed E-state index contributed by atoms with van der Waals surface area (Å²) in [4.78, 5) is 61.4. The maximum Gasteiger partial charge on any atom is 0.408 e. The summed E-state index contributed by atoms with van der Waals surface area (Å²) in [7, 11) is 0. The summed E-state index contributed by atoms with van der Waals surface area (Å²) in [6, 6.07) is 5.53. The molecule has 1 aliphatic heterocycles. The molecule has 4 amide bonds. The Morgan fingerprint density at radius 3 is 2.29 bits per heavy atom. The third kappa shape index (κ3) is 10.6. The molecule has 38 heavy (non-hydrogen) atoms. The molecule has 1 fully saturated rings. The molecule has 0 radical (unpaired) electrons. The lowest BCUT2D eigenvalue weighted by Gasteiger charge is -2.26. The molecule has 2 rings (SSSR count). The molecule has 1 heterocycles. The number of nitrogens with one attached hydrogen (secondary N) is 4. The number of benzene rings is 1. The fraction of sp³-hybridized carbons (Fsp3) is 0.500. The van der Waals surface area contributed by atoms with E-state index in [2.05, 4.69) is 21.3 Å². The van der Waals surface area contributed by atoms with Gasteiger partial charge in [-0.15, -0.1) is 0 Å². The highest BCUT2D eigenvalue weighted by Gasteiger charge is 2.31. The minimum atomic E-state index is -1.40. The number of amides is 4. The Morgan fingerprint density at radius 2 is 1.74 bits per heavy atom. The van der Waals surface area contributed by atoms with Crippen LogP contribution in [0.3, 0.4) is 0 Å². The first-order valence-corrected chi connectivity index (χ1v) is 12.3. The van der Waals surface area contributed by atoms with E-state index in [1.807, 2.05) is 0 Å². The van der Waals surface area contributed by atoms with Gasteiger partial charge in [-0.25, -0.2) is 9.59 Å². The number of hydrogen-bond donors (Lipinski definition) is 6. The van der Waals surface area contributed by atoms with Crippen molar-refractivity contribution in [2.24, 2.45) is 5.92 Å². The quantitative estimate of drug-likeness (QED) is 0.207. The first kappa shape index (κ1) is 30.3. The highest BCUT2D eigenvalue weighted by molar-refractivity contribution is 5.92. The van der Waals surface area contributed by atoms with E-state index >= 15 is 0 Å². The van der Waals surface area contributed by atoms with Crippen molar-refractivity contribution in [3.63, 3.8) is 0 Å². The molecule has 12 heteroatoms. The lowest BCUT2D eigenvalue weighted by molar-refractivity contribution is -0.131. The molecule has 1 aromatic carbocycles. The second-order valence-electron chi connectivity index (χ2n) is 9.96. The van der Waals surface area contributed by atoms with Crippen molar-refractivity contribution in [1.82, 2.24) is 21.3 Å². The number of rotatable bonds is 12. The molecule has 0 spiro atoms. The van der Waals surface area contributed by atoms with Gasteiger partial charge in [0.25, 0.3) is 0 Å². The summed E-state index contributed by atoms with van der Waals surface area (Å²) >= 11 is 0. The number of carboxylic acid groups (broad SMARTS) is 1. The van der Waals surface area contributed by atoms with E-state index in [-0.39, 0.29) is 18.7 Å². The van der Waals surface area contributed by atoms with Crippen LogP contribution in [0.2, 0.25) is 0 Å². The first-order valence-electron chi connectivity index (χ1n) is 12.3. The average molecular weight is 533 g/mol. The van der Waals surface area contributed by atoms with Crippen molar-refractivity contribution in [2.45, 2.75) is 63.8 Å². The van der Waals surface area contributed by atoms with Gasteiger partial charge in [-0.3, -0.25) is 14.4 Å². The highest BCUT2D eigenvalue weighted by atomic mass is 16.6. The third-order valence-corrected chi connectivity index (χ3v) is 5.61. The monoisotopic (exact) mass is 532 g/mol. The summed E-state index contributed by atoms with van der Waals surface area (Å²) in [5.41, 5.74) is -0.0671. The summed E-state index contributed by atoms with van der Waals surface area (Å²) < 4.78 is 5.26. The molecule has 0 aromatic heterocycles. The molecule has 0 unspecified atom stereocenters. The van der Waals surface area contributed by atoms with Gasteiger partial charge in [0.2, 0.25) is 17.7 Å². The minimum absolute atomic E-state index is 0.0897. The Labute approximate surface area is 221 Å². The largest absolute Gasteiger partial charge is 0.478 e. The zero-order valence-electron chi connectivity index (χ0n) is 21.7. The molecule has 6 N–H and O–H groups in total. The number of carbonyl (C=O) groups is 5. The normalized spacial score (nSPS) is 17.7. The Morgan fingerprint density at radius 1 is 1.08 bits per heavy atom. The zero-order chi connectivity index (χ0) is 28.3. The van der Waals surface area contributed by atoms with Crippen molar-refractivity contribution in [2.75, 3.05) is 13.2 Å². The Hall–Kier alpha value is -3.93. The number of aliphatic hydroxyl groups excluding tert-OH is 1. The van der Waals surface area contributed by atoms with Crippen molar-refractivity contribution in [1.29, 1.82) is 0 Å². The highest BCUT2D eigenvalue weighted by Crippen LogP contribution is 2.17. The van der Waals surface area contributed by atoms with Crippen LogP contribution in [0.25, 0.3) is 0 Å². The molecule has 0 aliphatic carbocycles. The summed E-state index contributed by atoms with van der Waals surface area (Å²) in [6.45, 7) is 4.75. The topological polar surface area (TPSA) is 183 Å². The molecule has 1 aliphatic rings. The SMILES string of the molecule is CC(C)(C)OC(=O)N[C@@H](Cc1ccccc1)C(=O)N[C@@H](CO)C(=O)N[C@H](/C=C/C(=O)O)C[C@@H]1CCNC1=O. The lowest BCUT2D eigenvalue weighted by atomic mass is 9.97. The van der Waals surface area contributed by atoms with Gasteiger partial charge in [-0.2, -0.15) is 0 Å². The van der Waals surface area contributed by atoms with Crippen LogP contribution < -0.4 is 21.3 Å². The van der Waals surface area contributed by atoms with Gasteiger partial charge in [-0.05, 0) is 39.2 Å². The molecular formula is C26H36N4O8. The summed E-state index contributed by atoms with van der Waals surface area (Å²) in [5.74, 6) is -3.37. The van der Waals surface area contributed by atoms with Gasteiger partial charge in [0.15, 0.2) is 0 Å². The number of ether oxygens (including phenoxy) is 1. The van der Waals surface area contributed by atoms with Crippen LogP contribution in [0, 0.1) is 5.92 Å². The minimum Gasteiger partial charge on any atom is -0.478 e. The molecule has 4 atom stereocenters. The second kappa shape index (κ2) is 14.1. The smallest absolute Gasteiger partial charge is 0.408 e. The average Bonchev–Trinajstić information content (AvgIpc) is 3.23. The Kier molecular flexibility index (Phi) is 11.3. The van der Waals surface area contributed by atoms with Crippen molar-refractivity contribution in [3.8, 4) is 0 Å². The van der Waals surface area contributed by atoms with E-state index in [1.54, 1.807) is 51.1 Å². The van der Waals surface area contributed by atoms with Gasteiger partial charge < -0.3 is 36.2 Å². The van der Waals surface area contributed by atoms with Crippen LogP contribution in [0.4, 0.5) is 4.79 Å². The number of aliphatic hydroxyl groups is 1. The van der Waals surface area contributed by atoms with Crippen LogP contribution in [0.5, 0.6) is 0 Å². The van der Waals surface area contributed by atoms with Crippen molar-refractivity contribution >= 4 is 29.8 Å². The number of carbonyl (C=O) groups excluding carboxylic acids is 4. The second-order valence-corrected chi connectivity index (χ2v) is 9.96. The van der Waals surface area contributed by atoms with Crippen LogP contribution in [0.15, 0.2) is 42.5 Å². The standard InChI is InChI=1S/C26H36N4O8/c1-26(2,3)38-25(37)30-19(13-16-7-5-4-6-8-16)23(35)29-20(15-31)24(36)28-18(9-10-21(32)33)14-17-11-12-27-22(17)34/h4-10,17-20,31H,11-15H2,1-3H3,(H,27,34)(H,28,36)(H,29,35)(H,30,37)(H,32,33)/b10-9+/t17-,18+,19-,20-/m0/s1. The maximum absolute atomic E-state index is 13.1. The van der Waals surface area contributed by atoms with E-state index in [0.29, 0.717) is 13.0 Å². The maximum atomic E-state index is 13.1. The molecule has 208 valence electrons. The predicted octanol–water partition coefficient (Wildman–Crippen LogP) is 0.251. The first-order chi connectivity index (χ1) is 17.9. The summed E-state index contributed by atoms with van der Waals surface area (Å²) in [6.07, 6.45) is 2.03. The molecule has 0 bridgehead atoms. The van der Waals surface area contributed by atoms with E-state index in [4.69, 9.17) is 9.84 Å². The van der Waals surface area contributed by atoms with Gasteiger partial charge in [-0.1, -0.05) is 36.4 Å². The number of aliphatic carboxylic acids is 1. The predicted molar refractivity (Wildman–Crippen MR) is 137 cm³/mol. The van der Waals surface area contributed by atoms with Gasteiger partial charge >= 0.3 is 12.1 Å². The molecular weight excluding hydrogens is 496 g/mol. The Bertz CT molecular complexity index is 1020. The van der Waals surface area contributed by atoms with Gasteiger partial charge in [0.1, 0.15) is 17.7 Å². The van der Waals surface area contributed by atoms with Gasteiger partial charge in [0, 0.05) is 31.0 Å². The van der Waals surface area contributed by atoms with Crippen LogP contribution in [0.1, 0.15) is 39.2 Å². The zero-order valence-corrected chi connectivity index (χ0v) is 21.7. The Balaban J connectivity index is 2.13. The molecule has 0 saturated carbocycles. The van der Waals surface area contributed by atoms with E-state index < -0.39 is 60.1 Å². The van der Waals surface area contributed by atoms with Gasteiger partial charge in [0.05, 0.1) is 6.61 Å². The van der Waals surface area contributed by atoms with E-state index in [9.17, 15) is 29.1 Å². The summed E-state index contributed by atoms with van der Waals surface area (Å²) in [5, 5.41) is 29.0. The van der Waals surface area contributed by atoms with E-state index in [1.165, 1.54) is 6.08 Å². The van der Waals surface area contributed by atoms with E-state index in [0.717, 1.165) is 11.6 Å². The third-order valence-electron chi connectivity index (χ3n) is 5.61. The van der Waals surface area contributed by atoms with Crippen LogP contribution >= 0.6 is 0 Å². The fourth-order valence-electron chi connectivity index (χ4n) is 3.82. The molecule has 1 saturated heterocycles. The van der Waals surface area contributed by atoms with Crippen LogP contribution in [-0.2, 0) is 30.3 Å². The number of carboxylic acids is 1. The molecule has 1 aromatic rings. The van der Waals surface area contributed by atoms with Crippen molar-refractivity contribution < 1.29 is 38.9 Å². The fourth-order valence-corrected chi connectivity index (χ4v) is 3.82.